The number of para-hydroxylation sites is 2. The summed E-state index contributed by atoms with van der Waals surface area (Å²) in [5.41, 5.74) is 0. The molecular formula is C20H28O2Si. The van der Waals surface area contributed by atoms with E-state index < -0.39 is 8.56 Å². The lowest BCUT2D eigenvalue weighted by Crippen LogP contribution is -2.50. The van der Waals surface area contributed by atoms with Gasteiger partial charge in [0.05, 0.1) is 0 Å². The van der Waals surface area contributed by atoms with Crippen LogP contribution in [0.3, 0.4) is 0 Å². The minimum atomic E-state index is -2.40. The van der Waals surface area contributed by atoms with E-state index in [1.807, 2.05) is 60.7 Å². The summed E-state index contributed by atoms with van der Waals surface area (Å²) in [7, 11) is -2.40. The third-order valence-corrected chi connectivity index (χ3v) is 7.63. The van der Waals surface area contributed by atoms with Gasteiger partial charge in [0, 0.05) is 12.1 Å². The van der Waals surface area contributed by atoms with E-state index in [-0.39, 0.29) is 0 Å². The molecule has 23 heavy (non-hydrogen) atoms. The Labute approximate surface area is 141 Å². The molecule has 124 valence electrons. The third kappa shape index (κ3) is 5.75. The average Bonchev–Trinajstić information content (AvgIpc) is 2.47. The van der Waals surface area contributed by atoms with Crippen LogP contribution in [0.4, 0.5) is 0 Å². The van der Waals surface area contributed by atoms with Crippen LogP contribution in [0.15, 0.2) is 60.7 Å². The fourth-order valence-corrected chi connectivity index (χ4v) is 7.08. The summed E-state index contributed by atoms with van der Waals surface area (Å²) in [5.74, 6) is 2.90. The summed E-state index contributed by atoms with van der Waals surface area (Å²) < 4.78 is 13.1. The summed E-state index contributed by atoms with van der Waals surface area (Å²) in [4.78, 5) is 0. The maximum absolute atomic E-state index is 6.54. The van der Waals surface area contributed by atoms with E-state index in [9.17, 15) is 0 Å². The van der Waals surface area contributed by atoms with Gasteiger partial charge in [-0.15, -0.1) is 0 Å². The molecule has 0 aliphatic rings. The van der Waals surface area contributed by atoms with Crippen molar-refractivity contribution >= 4 is 8.56 Å². The molecule has 0 spiro atoms. The first-order valence-electron chi connectivity index (χ1n) is 8.47. The maximum Gasteiger partial charge on any atom is 0.460 e. The van der Waals surface area contributed by atoms with Crippen molar-refractivity contribution in [2.75, 3.05) is 0 Å². The predicted octanol–water partition coefficient (Wildman–Crippen LogP) is 5.90. The molecule has 0 N–H and O–H groups in total. The van der Waals surface area contributed by atoms with Crippen LogP contribution in [0, 0.1) is 11.8 Å². The SMILES string of the molecule is CC(C)C[Si](CC(C)C)(Oc1ccccc1)Oc1ccccc1. The maximum atomic E-state index is 6.54. The number of hydrogen-bond donors (Lipinski definition) is 0. The van der Waals surface area contributed by atoms with E-state index >= 15 is 0 Å². The van der Waals surface area contributed by atoms with Crippen LogP contribution in [-0.4, -0.2) is 8.56 Å². The summed E-state index contributed by atoms with van der Waals surface area (Å²) in [6.45, 7) is 8.96. The van der Waals surface area contributed by atoms with Crippen molar-refractivity contribution in [2.45, 2.75) is 39.8 Å². The number of hydrogen-bond acceptors (Lipinski definition) is 2. The van der Waals surface area contributed by atoms with Gasteiger partial charge in [-0.1, -0.05) is 64.1 Å². The molecule has 0 aromatic heterocycles. The van der Waals surface area contributed by atoms with Gasteiger partial charge in [-0.2, -0.15) is 0 Å². The third-order valence-electron chi connectivity index (χ3n) is 3.53. The van der Waals surface area contributed by atoms with Crippen molar-refractivity contribution in [3.8, 4) is 11.5 Å². The molecule has 0 heterocycles. The first kappa shape index (κ1) is 17.6. The van der Waals surface area contributed by atoms with E-state index in [1.165, 1.54) is 0 Å². The second-order valence-electron chi connectivity index (χ2n) is 6.94. The van der Waals surface area contributed by atoms with Crippen LogP contribution >= 0.6 is 0 Å². The second kappa shape index (κ2) is 8.21. The number of benzene rings is 2. The van der Waals surface area contributed by atoms with E-state index in [4.69, 9.17) is 8.85 Å². The fraction of sp³-hybridized carbons (Fsp3) is 0.400. The first-order chi connectivity index (χ1) is 11.0. The van der Waals surface area contributed by atoms with Crippen molar-refractivity contribution in [2.24, 2.45) is 11.8 Å². The molecule has 2 rings (SSSR count). The van der Waals surface area contributed by atoms with Gasteiger partial charge in [0.15, 0.2) is 0 Å². The molecule has 2 aromatic rings. The van der Waals surface area contributed by atoms with Crippen LogP contribution in [0.5, 0.6) is 11.5 Å². The fourth-order valence-electron chi connectivity index (χ4n) is 2.92. The molecule has 0 saturated carbocycles. The van der Waals surface area contributed by atoms with Gasteiger partial charge in [-0.05, 0) is 36.1 Å². The smallest absolute Gasteiger partial charge is 0.460 e. The molecule has 0 amide bonds. The van der Waals surface area contributed by atoms with Gasteiger partial charge >= 0.3 is 8.56 Å². The Morgan fingerprint density at radius 1 is 0.652 bits per heavy atom. The minimum absolute atomic E-state index is 0.535. The number of rotatable bonds is 8. The first-order valence-corrected chi connectivity index (χ1v) is 10.7. The second-order valence-corrected chi connectivity index (χ2v) is 9.98. The molecule has 3 heteroatoms. The lowest BCUT2D eigenvalue weighted by molar-refractivity contribution is 0.356. The van der Waals surface area contributed by atoms with E-state index in [2.05, 4.69) is 27.7 Å². The van der Waals surface area contributed by atoms with Crippen molar-refractivity contribution in [3.63, 3.8) is 0 Å². The molecule has 2 nitrogen and oxygen atoms in total. The van der Waals surface area contributed by atoms with E-state index in [0.717, 1.165) is 23.6 Å². The highest BCUT2D eigenvalue weighted by Gasteiger charge is 2.43. The molecule has 2 aromatic carbocycles. The largest absolute Gasteiger partial charge is 0.512 e. The van der Waals surface area contributed by atoms with Gasteiger partial charge in [0.25, 0.3) is 0 Å². The van der Waals surface area contributed by atoms with Crippen LogP contribution in [0.2, 0.25) is 12.1 Å². The molecule has 0 bridgehead atoms. The molecule has 0 aliphatic carbocycles. The Balaban J connectivity index is 2.32. The predicted molar refractivity (Wildman–Crippen MR) is 99.2 cm³/mol. The molecule has 0 saturated heterocycles. The molecule has 0 radical (unpaired) electrons. The van der Waals surface area contributed by atoms with E-state index in [1.54, 1.807) is 0 Å². The van der Waals surface area contributed by atoms with Crippen molar-refractivity contribution < 1.29 is 8.85 Å². The van der Waals surface area contributed by atoms with Crippen molar-refractivity contribution in [1.29, 1.82) is 0 Å². The highest BCUT2D eigenvalue weighted by molar-refractivity contribution is 6.69. The zero-order valence-electron chi connectivity index (χ0n) is 14.7. The lowest BCUT2D eigenvalue weighted by Gasteiger charge is -2.34. The van der Waals surface area contributed by atoms with Crippen molar-refractivity contribution in [3.05, 3.63) is 60.7 Å². The van der Waals surface area contributed by atoms with Crippen molar-refractivity contribution in [1.82, 2.24) is 0 Å². The standard InChI is InChI=1S/C20H28O2Si/c1-17(2)15-23(16-18(3)4,21-19-11-7-5-8-12-19)22-20-13-9-6-10-14-20/h5-14,17-18H,15-16H2,1-4H3. The molecule has 0 unspecified atom stereocenters. The Kier molecular flexibility index (Phi) is 6.28. The minimum Gasteiger partial charge on any atom is -0.512 e. The Morgan fingerprint density at radius 2 is 1.00 bits per heavy atom. The van der Waals surface area contributed by atoms with Gasteiger partial charge in [-0.25, -0.2) is 0 Å². The Bertz CT molecular complexity index is 513. The average molecular weight is 329 g/mol. The van der Waals surface area contributed by atoms with Crippen LogP contribution < -0.4 is 8.85 Å². The zero-order chi connectivity index (χ0) is 16.7. The Hall–Kier alpha value is -1.74. The molecule has 0 atom stereocenters. The van der Waals surface area contributed by atoms with E-state index in [0.29, 0.717) is 11.8 Å². The molecule has 0 aliphatic heterocycles. The highest BCUT2D eigenvalue weighted by atomic mass is 28.4. The molecular weight excluding hydrogens is 300 g/mol. The summed E-state index contributed by atoms with van der Waals surface area (Å²) in [6.07, 6.45) is 0. The Morgan fingerprint density at radius 3 is 1.30 bits per heavy atom. The van der Waals surface area contributed by atoms with Gasteiger partial charge in [0.2, 0.25) is 0 Å². The van der Waals surface area contributed by atoms with Crippen LogP contribution in [0.1, 0.15) is 27.7 Å². The zero-order valence-corrected chi connectivity index (χ0v) is 15.7. The van der Waals surface area contributed by atoms with Crippen LogP contribution in [0.25, 0.3) is 0 Å². The van der Waals surface area contributed by atoms with Gasteiger partial charge < -0.3 is 8.85 Å². The van der Waals surface area contributed by atoms with Gasteiger partial charge in [-0.3, -0.25) is 0 Å². The molecule has 0 fully saturated rings. The normalized spacial score (nSPS) is 11.7. The van der Waals surface area contributed by atoms with Crippen LogP contribution in [-0.2, 0) is 0 Å². The highest BCUT2D eigenvalue weighted by Crippen LogP contribution is 2.31. The summed E-state index contributed by atoms with van der Waals surface area (Å²) in [5, 5.41) is 0. The quantitative estimate of drug-likeness (QED) is 0.562. The summed E-state index contributed by atoms with van der Waals surface area (Å²) >= 11 is 0. The topological polar surface area (TPSA) is 18.5 Å². The van der Waals surface area contributed by atoms with Gasteiger partial charge in [0.1, 0.15) is 11.5 Å². The summed E-state index contributed by atoms with van der Waals surface area (Å²) in [6, 6.07) is 22.1. The lowest BCUT2D eigenvalue weighted by atomic mass is 10.3. The monoisotopic (exact) mass is 328 g/mol.